The lowest BCUT2D eigenvalue weighted by Crippen LogP contribution is -2.29. The van der Waals surface area contributed by atoms with Crippen molar-refractivity contribution in [2.45, 2.75) is 13.1 Å². The van der Waals surface area contributed by atoms with E-state index in [2.05, 4.69) is 16.4 Å². The van der Waals surface area contributed by atoms with E-state index >= 15 is 0 Å². The Kier molecular flexibility index (Phi) is 6.22. The van der Waals surface area contributed by atoms with Crippen LogP contribution in [0.15, 0.2) is 60.8 Å². The van der Waals surface area contributed by atoms with Crippen LogP contribution in [0.2, 0.25) is 0 Å². The van der Waals surface area contributed by atoms with E-state index in [4.69, 9.17) is 18.9 Å². The van der Waals surface area contributed by atoms with Gasteiger partial charge in [0.05, 0.1) is 58.9 Å². The molecule has 2 amide bonds. The Morgan fingerprint density at radius 2 is 1.23 bits per heavy atom. The molecule has 2 heterocycles. The number of hydrogen-bond donors (Lipinski definition) is 0. The monoisotopic (exact) mass is 538 g/mol. The van der Waals surface area contributed by atoms with Crippen molar-refractivity contribution < 1.29 is 28.5 Å². The van der Waals surface area contributed by atoms with Crippen molar-refractivity contribution in [2.75, 3.05) is 28.4 Å². The highest BCUT2D eigenvalue weighted by molar-refractivity contribution is 6.21. The Bertz CT molecular complexity index is 1780. The van der Waals surface area contributed by atoms with Crippen molar-refractivity contribution in [3.63, 3.8) is 0 Å². The van der Waals surface area contributed by atoms with Crippen molar-refractivity contribution in [3.05, 3.63) is 83.2 Å². The lowest BCUT2D eigenvalue weighted by molar-refractivity contribution is 0.0640. The Labute approximate surface area is 229 Å². The van der Waals surface area contributed by atoms with Crippen LogP contribution in [0.4, 0.5) is 0 Å². The van der Waals surface area contributed by atoms with Crippen LogP contribution in [0, 0.1) is 0 Å². The zero-order chi connectivity index (χ0) is 28.0. The van der Waals surface area contributed by atoms with E-state index in [0.717, 1.165) is 27.1 Å². The molecular weight excluding hydrogens is 512 g/mol. The smallest absolute Gasteiger partial charge is 0.261 e. The molecule has 0 aliphatic carbocycles. The molecule has 202 valence electrons. The van der Waals surface area contributed by atoms with E-state index in [-0.39, 0.29) is 18.4 Å². The fourth-order valence-corrected chi connectivity index (χ4v) is 5.22. The van der Waals surface area contributed by atoms with Crippen LogP contribution in [-0.4, -0.2) is 60.1 Å². The first-order valence-corrected chi connectivity index (χ1v) is 12.5. The first-order chi connectivity index (χ1) is 19.4. The first kappa shape index (κ1) is 25.2. The summed E-state index contributed by atoms with van der Waals surface area (Å²) in [5, 5.41) is 12.3. The maximum atomic E-state index is 12.8. The summed E-state index contributed by atoms with van der Waals surface area (Å²) in [6.07, 6.45) is 1.74. The van der Waals surface area contributed by atoms with Gasteiger partial charge >= 0.3 is 0 Å². The van der Waals surface area contributed by atoms with Gasteiger partial charge in [-0.25, -0.2) is 4.68 Å². The van der Waals surface area contributed by atoms with Crippen molar-refractivity contribution >= 4 is 33.4 Å². The maximum absolute atomic E-state index is 12.8. The van der Waals surface area contributed by atoms with E-state index in [1.807, 2.05) is 24.3 Å². The summed E-state index contributed by atoms with van der Waals surface area (Å²) >= 11 is 0. The van der Waals surface area contributed by atoms with Gasteiger partial charge in [0.1, 0.15) is 5.69 Å². The SMILES string of the molecule is COc1cc2cc(Cn3cc(CN4C(=O)c5ccccc5C4=O)nn3)c3cc(OC)c(OC)cc3c2cc1OC. The van der Waals surface area contributed by atoms with Crippen molar-refractivity contribution in [2.24, 2.45) is 0 Å². The lowest BCUT2D eigenvalue weighted by Gasteiger charge is -2.16. The fourth-order valence-electron chi connectivity index (χ4n) is 5.22. The summed E-state index contributed by atoms with van der Waals surface area (Å²) in [7, 11) is 6.41. The molecule has 1 aliphatic rings. The molecule has 0 N–H and O–H groups in total. The summed E-state index contributed by atoms with van der Waals surface area (Å²) < 4.78 is 24.0. The number of aromatic nitrogens is 3. The number of amides is 2. The second-order valence-corrected chi connectivity index (χ2v) is 9.37. The van der Waals surface area contributed by atoms with Crippen molar-refractivity contribution in [3.8, 4) is 23.0 Å². The standard InChI is InChI=1S/C30H26N4O6/c1-37-25-10-17-9-18(23-12-27(39-3)28(40-4)13-24(23)22(17)11-26(25)38-2)14-33-15-19(31-32-33)16-34-29(35)20-7-5-6-8-21(20)30(34)36/h5-13,15H,14,16H2,1-4H3. The Morgan fingerprint density at radius 1 is 0.675 bits per heavy atom. The van der Waals surface area contributed by atoms with Crippen LogP contribution in [0.1, 0.15) is 32.0 Å². The molecule has 0 unspecified atom stereocenters. The van der Waals surface area contributed by atoms with Gasteiger partial charge in [-0.3, -0.25) is 14.5 Å². The minimum Gasteiger partial charge on any atom is -0.493 e. The molecule has 1 aliphatic heterocycles. The minimum atomic E-state index is -0.332. The number of imide groups is 1. The molecule has 0 fully saturated rings. The summed E-state index contributed by atoms with van der Waals surface area (Å²) in [6.45, 7) is 0.415. The van der Waals surface area contributed by atoms with E-state index in [1.165, 1.54) is 4.90 Å². The molecule has 5 aromatic rings. The van der Waals surface area contributed by atoms with Crippen LogP contribution in [0.25, 0.3) is 21.5 Å². The summed E-state index contributed by atoms with van der Waals surface area (Å²) in [6, 6.07) is 16.6. The van der Waals surface area contributed by atoms with Gasteiger partial charge in [0.25, 0.3) is 11.8 Å². The zero-order valence-corrected chi connectivity index (χ0v) is 22.4. The second kappa shape index (κ2) is 9.88. The molecule has 0 saturated heterocycles. The van der Waals surface area contributed by atoms with Crippen molar-refractivity contribution in [1.29, 1.82) is 0 Å². The summed E-state index contributed by atoms with van der Waals surface area (Å²) in [5.41, 5.74) is 2.26. The highest BCUT2D eigenvalue weighted by atomic mass is 16.5. The molecule has 1 aromatic heterocycles. The fraction of sp³-hybridized carbons (Fsp3) is 0.200. The van der Waals surface area contributed by atoms with E-state index < -0.39 is 0 Å². The number of fused-ring (bicyclic) bond motifs is 4. The molecule has 0 spiro atoms. The Hall–Kier alpha value is -5.12. The predicted molar refractivity (Wildman–Crippen MR) is 147 cm³/mol. The minimum absolute atomic E-state index is 0.0346. The largest absolute Gasteiger partial charge is 0.493 e. The number of carbonyl (C=O) groups excluding carboxylic acids is 2. The third kappa shape index (κ3) is 4.05. The number of nitrogens with zero attached hydrogens (tertiary/aromatic N) is 4. The van der Waals surface area contributed by atoms with Gasteiger partial charge in [-0.05, 0) is 69.6 Å². The maximum Gasteiger partial charge on any atom is 0.261 e. The van der Waals surface area contributed by atoms with Gasteiger partial charge in [0, 0.05) is 0 Å². The Balaban J connectivity index is 1.39. The first-order valence-electron chi connectivity index (χ1n) is 12.5. The third-order valence-corrected chi connectivity index (χ3v) is 7.16. The topological polar surface area (TPSA) is 105 Å². The van der Waals surface area contributed by atoms with Crippen LogP contribution in [0.3, 0.4) is 0 Å². The highest BCUT2D eigenvalue weighted by Gasteiger charge is 2.35. The number of rotatable bonds is 8. The van der Waals surface area contributed by atoms with E-state index in [9.17, 15) is 9.59 Å². The van der Waals surface area contributed by atoms with E-state index in [0.29, 0.717) is 46.4 Å². The lowest BCUT2D eigenvalue weighted by atomic mass is 9.96. The molecule has 10 nitrogen and oxygen atoms in total. The molecular formula is C30H26N4O6. The van der Waals surface area contributed by atoms with Crippen LogP contribution >= 0.6 is 0 Å². The van der Waals surface area contributed by atoms with Crippen LogP contribution in [0.5, 0.6) is 23.0 Å². The molecule has 0 bridgehead atoms. The van der Waals surface area contributed by atoms with Crippen LogP contribution in [-0.2, 0) is 13.1 Å². The molecule has 10 heteroatoms. The quantitative estimate of drug-likeness (QED) is 0.211. The number of benzene rings is 4. The zero-order valence-electron chi connectivity index (χ0n) is 22.4. The van der Waals surface area contributed by atoms with Gasteiger partial charge in [-0.15, -0.1) is 5.10 Å². The Morgan fingerprint density at radius 3 is 1.82 bits per heavy atom. The van der Waals surface area contributed by atoms with Crippen molar-refractivity contribution in [1.82, 2.24) is 19.9 Å². The highest BCUT2D eigenvalue weighted by Crippen LogP contribution is 2.41. The molecule has 6 rings (SSSR count). The average Bonchev–Trinajstić information content (AvgIpc) is 3.53. The molecule has 0 atom stereocenters. The third-order valence-electron chi connectivity index (χ3n) is 7.16. The average molecular weight is 539 g/mol. The number of carbonyl (C=O) groups is 2. The van der Waals surface area contributed by atoms with Gasteiger partial charge in [0.2, 0.25) is 0 Å². The number of hydrogen-bond acceptors (Lipinski definition) is 8. The predicted octanol–water partition coefficient (Wildman–Crippen LogP) is 4.46. The van der Waals surface area contributed by atoms with Gasteiger partial charge < -0.3 is 18.9 Å². The molecule has 4 aromatic carbocycles. The molecule has 0 radical (unpaired) electrons. The summed E-state index contributed by atoms with van der Waals surface area (Å²) in [4.78, 5) is 26.8. The normalized spacial score (nSPS) is 12.8. The van der Waals surface area contributed by atoms with Gasteiger partial charge in [-0.2, -0.15) is 0 Å². The second-order valence-electron chi connectivity index (χ2n) is 9.37. The molecule has 40 heavy (non-hydrogen) atoms. The molecule has 0 saturated carbocycles. The number of methoxy groups -OCH3 is 4. The number of ether oxygens (including phenoxy) is 4. The van der Waals surface area contributed by atoms with E-state index in [1.54, 1.807) is 63.6 Å². The summed E-state index contributed by atoms with van der Waals surface area (Å²) in [5.74, 6) is 1.77. The van der Waals surface area contributed by atoms with Gasteiger partial charge in [-0.1, -0.05) is 17.3 Å². The van der Waals surface area contributed by atoms with Gasteiger partial charge in [0.15, 0.2) is 23.0 Å². The van der Waals surface area contributed by atoms with Crippen LogP contribution < -0.4 is 18.9 Å².